The first-order valence-corrected chi connectivity index (χ1v) is 4.14. The predicted octanol–water partition coefficient (Wildman–Crippen LogP) is 1.37. The van der Waals surface area contributed by atoms with Gasteiger partial charge >= 0.3 is 12.1 Å². The summed E-state index contributed by atoms with van der Waals surface area (Å²) in [7, 11) is 2.13. The molecule has 0 amide bonds. The number of halogens is 3. The van der Waals surface area contributed by atoms with Gasteiger partial charge in [-0.1, -0.05) is 0 Å². The number of methoxy groups -OCH3 is 1. The molecule has 1 aromatic rings. The van der Waals surface area contributed by atoms with Crippen molar-refractivity contribution in [2.75, 3.05) is 7.11 Å². The minimum atomic E-state index is -4.63. The molecule has 5 nitrogen and oxygen atoms in total. The number of carbonyl (C=O) groups is 1. The van der Waals surface area contributed by atoms with Crippen molar-refractivity contribution in [1.82, 2.24) is 9.78 Å². The van der Waals surface area contributed by atoms with Crippen LogP contribution in [0.25, 0.3) is 0 Å². The number of hydrogen-bond donors (Lipinski definition) is 1. The number of rotatable bonds is 3. The van der Waals surface area contributed by atoms with E-state index in [1.807, 2.05) is 0 Å². The molecule has 1 unspecified atom stereocenters. The predicted molar refractivity (Wildman–Crippen MR) is 46.0 cm³/mol. The Labute approximate surface area is 88.4 Å². The topological polar surface area (TPSA) is 64.3 Å². The second-order valence-electron chi connectivity index (χ2n) is 3.04. The summed E-state index contributed by atoms with van der Waals surface area (Å²) in [4.78, 5) is 10.6. The second kappa shape index (κ2) is 4.12. The lowest BCUT2D eigenvalue weighted by molar-refractivity contribution is -0.217. The summed E-state index contributed by atoms with van der Waals surface area (Å²) in [6, 6.07) is 0.837. The molecule has 0 saturated carbocycles. The van der Waals surface area contributed by atoms with Crippen LogP contribution in [-0.2, 0) is 11.8 Å². The van der Waals surface area contributed by atoms with E-state index in [0.29, 0.717) is 0 Å². The Hall–Kier alpha value is -1.57. The maximum absolute atomic E-state index is 12.4. The Morgan fingerprint density at radius 3 is 2.50 bits per heavy atom. The van der Waals surface area contributed by atoms with Crippen molar-refractivity contribution < 1.29 is 27.8 Å². The highest BCUT2D eigenvalue weighted by Crippen LogP contribution is 2.34. The summed E-state index contributed by atoms with van der Waals surface area (Å²) in [6.07, 6.45) is -6.84. The van der Waals surface area contributed by atoms with Crippen LogP contribution >= 0.6 is 0 Å². The number of aromatic nitrogens is 2. The van der Waals surface area contributed by atoms with E-state index in [1.165, 1.54) is 7.05 Å². The van der Waals surface area contributed by atoms with Crippen LogP contribution in [0.3, 0.4) is 0 Å². The fourth-order valence-corrected chi connectivity index (χ4v) is 1.24. The first-order chi connectivity index (χ1) is 7.27. The van der Waals surface area contributed by atoms with E-state index in [-0.39, 0.29) is 5.69 Å². The maximum atomic E-state index is 12.4. The van der Waals surface area contributed by atoms with Crippen LogP contribution in [-0.4, -0.2) is 34.1 Å². The number of aromatic carboxylic acids is 1. The molecule has 0 fully saturated rings. The molecule has 0 saturated heterocycles. The van der Waals surface area contributed by atoms with Gasteiger partial charge in [-0.05, 0) is 6.07 Å². The standard InChI is InChI=1S/C8H9F3N2O3/c1-13-5(7(14)15)3-4(12-13)6(16-2)8(9,10)11/h3,6H,1-2H3,(H,14,15). The first-order valence-electron chi connectivity index (χ1n) is 4.14. The van der Waals surface area contributed by atoms with E-state index in [2.05, 4.69) is 9.84 Å². The molecule has 0 aliphatic heterocycles. The van der Waals surface area contributed by atoms with Crippen molar-refractivity contribution in [3.8, 4) is 0 Å². The minimum absolute atomic E-state index is 0.332. The van der Waals surface area contributed by atoms with Gasteiger partial charge in [0, 0.05) is 14.2 Å². The quantitative estimate of drug-likeness (QED) is 0.863. The molecule has 0 radical (unpaired) electrons. The number of alkyl halides is 3. The van der Waals surface area contributed by atoms with Crippen molar-refractivity contribution in [3.05, 3.63) is 17.5 Å². The zero-order chi connectivity index (χ0) is 12.5. The molecule has 16 heavy (non-hydrogen) atoms. The number of carboxylic acid groups (broad SMARTS) is 1. The largest absolute Gasteiger partial charge is 0.477 e. The molecule has 0 aliphatic rings. The molecule has 1 rings (SSSR count). The molecular formula is C8H9F3N2O3. The van der Waals surface area contributed by atoms with Gasteiger partial charge in [0.1, 0.15) is 11.4 Å². The van der Waals surface area contributed by atoms with Crippen LogP contribution in [0.2, 0.25) is 0 Å². The van der Waals surface area contributed by atoms with Crippen molar-refractivity contribution in [3.63, 3.8) is 0 Å². The number of hydrogen-bond acceptors (Lipinski definition) is 3. The van der Waals surface area contributed by atoms with Gasteiger partial charge in [0.2, 0.25) is 0 Å². The first kappa shape index (κ1) is 12.5. The molecule has 1 N–H and O–H groups in total. The van der Waals surface area contributed by atoms with E-state index in [9.17, 15) is 18.0 Å². The zero-order valence-corrected chi connectivity index (χ0v) is 8.45. The zero-order valence-electron chi connectivity index (χ0n) is 8.45. The monoisotopic (exact) mass is 238 g/mol. The molecule has 1 atom stereocenters. The number of aryl methyl sites for hydroxylation is 1. The lowest BCUT2D eigenvalue weighted by atomic mass is 10.2. The Morgan fingerprint density at radius 2 is 2.19 bits per heavy atom. The molecule has 1 heterocycles. The van der Waals surface area contributed by atoms with E-state index in [1.54, 1.807) is 0 Å². The van der Waals surface area contributed by atoms with Crippen LogP contribution in [0, 0.1) is 0 Å². The van der Waals surface area contributed by atoms with Gasteiger partial charge in [-0.25, -0.2) is 4.79 Å². The molecule has 0 aromatic carbocycles. The number of carboxylic acids is 1. The van der Waals surface area contributed by atoms with Gasteiger partial charge < -0.3 is 9.84 Å². The third kappa shape index (κ3) is 2.32. The highest BCUT2D eigenvalue weighted by molar-refractivity contribution is 5.85. The van der Waals surface area contributed by atoms with E-state index < -0.39 is 23.9 Å². The molecule has 1 aromatic heterocycles. The van der Waals surface area contributed by atoms with Gasteiger partial charge in [-0.2, -0.15) is 18.3 Å². The van der Waals surface area contributed by atoms with Gasteiger partial charge in [0.25, 0.3) is 0 Å². The minimum Gasteiger partial charge on any atom is -0.477 e. The fourth-order valence-electron chi connectivity index (χ4n) is 1.24. The van der Waals surface area contributed by atoms with Crippen LogP contribution in [0.1, 0.15) is 22.3 Å². The van der Waals surface area contributed by atoms with Crippen molar-refractivity contribution in [2.45, 2.75) is 12.3 Å². The average molecular weight is 238 g/mol. The van der Waals surface area contributed by atoms with Crippen LogP contribution < -0.4 is 0 Å². The summed E-state index contributed by atoms with van der Waals surface area (Å²) in [5.74, 6) is -1.35. The molecular weight excluding hydrogens is 229 g/mol. The van der Waals surface area contributed by atoms with E-state index >= 15 is 0 Å². The lowest BCUT2D eigenvalue weighted by Gasteiger charge is -2.15. The van der Waals surface area contributed by atoms with Crippen molar-refractivity contribution in [1.29, 1.82) is 0 Å². The van der Waals surface area contributed by atoms with Crippen LogP contribution in [0.15, 0.2) is 6.07 Å². The highest BCUT2D eigenvalue weighted by Gasteiger charge is 2.43. The number of ether oxygens (including phenoxy) is 1. The van der Waals surface area contributed by atoms with Crippen LogP contribution in [0.4, 0.5) is 13.2 Å². The SMILES string of the molecule is COC(c1cc(C(=O)O)n(C)n1)C(F)(F)F. The van der Waals surface area contributed by atoms with Crippen molar-refractivity contribution >= 4 is 5.97 Å². The molecule has 8 heteroatoms. The molecule has 0 bridgehead atoms. The highest BCUT2D eigenvalue weighted by atomic mass is 19.4. The van der Waals surface area contributed by atoms with Gasteiger partial charge in [0.05, 0.1) is 0 Å². The lowest BCUT2D eigenvalue weighted by Crippen LogP contribution is -2.23. The van der Waals surface area contributed by atoms with E-state index in [0.717, 1.165) is 17.9 Å². The summed E-state index contributed by atoms with van der Waals surface area (Å²) in [5, 5.41) is 12.1. The van der Waals surface area contributed by atoms with Gasteiger partial charge in [-0.15, -0.1) is 0 Å². The molecule has 90 valence electrons. The van der Waals surface area contributed by atoms with Crippen molar-refractivity contribution in [2.24, 2.45) is 7.05 Å². The average Bonchev–Trinajstić information content (AvgIpc) is 2.45. The molecule has 0 spiro atoms. The van der Waals surface area contributed by atoms with Gasteiger partial charge in [-0.3, -0.25) is 4.68 Å². The Morgan fingerprint density at radius 1 is 1.62 bits per heavy atom. The smallest absolute Gasteiger partial charge is 0.420 e. The maximum Gasteiger partial charge on any atom is 0.420 e. The number of nitrogens with zero attached hydrogens (tertiary/aromatic N) is 2. The fraction of sp³-hybridized carbons (Fsp3) is 0.500. The summed E-state index contributed by atoms with van der Waals surface area (Å²) < 4.78 is 42.4. The third-order valence-electron chi connectivity index (χ3n) is 1.92. The van der Waals surface area contributed by atoms with Crippen LogP contribution in [0.5, 0.6) is 0 Å². The Balaban J connectivity index is 3.13. The Bertz CT molecular complexity index is 400. The summed E-state index contributed by atoms with van der Waals surface area (Å²) in [5.41, 5.74) is -0.809. The van der Waals surface area contributed by atoms with Gasteiger partial charge in [0.15, 0.2) is 6.10 Å². The third-order valence-corrected chi connectivity index (χ3v) is 1.92. The Kier molecular flexibility index (Phi) is 3.22. The summed E-state index contributed by atoms with van der Waals surface area (Å²) in [6.45, 7) is 0. The molecule has 0 aliphatic carbocycles. The second-order valence-corrected chi connectivity index (χ2v) is 3.04. The normalized spacial score (nSPS) is 13.8. The summed E-state index contributed by atoms with van der Waals surface area (Å²) >= 11 is 0. The van der Waals surface area contributed by atoms with E-state index in [4.69, 9.17) is 5.11 Å².